The molecule has 0 bridgehead atoms. The number of ether oxygens (including phenoxy) is 2. The molecular formula is C26H22BrN3O5. The minimum Gasteiger partial charge on any atom is -0.493 e. The van der Waals surface area contributed by atoms with Gasteiger partial charge in [-0.1, -0.05) is 35.9 Å². The van der Waals surface area contributed by atoms with Crippen LogP contribution in [0.2, 0.25) is 0 Å². The van der Waals surface area contributed by atoms with Gasteiger partial charge in [-0.2, -0.15) is 5.10 Å². The number of hydrazone groups is 1. The van der Waals surface area contributed by atoms with Crippen LogP contribution in [0.15, 0.2) is 80.7 Å². The fourth-order valence-electron chi connectivity index (χ4n) is 3.24. The van der Waals surface area contributed by atoms with Crippen LogP contribution in [-0.2, 0) is 4.79 Å². The van der Waals surface area contributed by atoms with Gasteiger partial charge in [-0.3, -0.25) is 9.59 Å². The highest BCUT2D eigenvalue weighted by Crippen LogP contribution is 2.36. The topological polar surface area (TPSA) is 102 Å². The predicted molar refractivity (Wildman–Crippen MR) is 137 cm³/mol. The molecule has 0 aliphatic rings. The molecule has 1 heterocycles. The average Bonchev–Trinajstić information content (AvgIpc) is 3.29. The van der Waals surface area contributed by atoms with Crippen LogP contribution < -0.4 is 20.2 Å². The first-order valence-corrected chi connectivity index (χ1v) is 11.4. The van der Waals surface area contributed by atoms with E-state index in [1.165, 1.54) is 13.3 Å². The number of anilines is 1. The van der Waals surface area contributed by atoms with Crippen LogP contribution in [-0.4, -0.2) is 31.7 Å². The van der Waals surface area contributed by atoms with Gasteiger partial charge < -0.3 is 19.2 Å². The first kappa shape index (κ1) is 24.0. The number of nitrogens with one attached hydrogen (secondary N) is 2. The quantitative estimate of drug-likeness (QED) is 0.235. The molecule has 4 aromatic rings. The smallest absolute Gasteiger partial charge is 0.307 e. The number of halogens is 1. The molecule has 0 aliphatic carbocycles. The number of carbonyl (C=O) groups is 2. The fraction of sp³-hybridized carbons (Fsp3) is 0.115. The number of nitrogens with zero attached hydrogens (tertiary/aromatic N) is 1. The summed E-state index contributed by atoms with van der Waals surface area (Å²) in [6, 6.07) is 19.9. The third kappa shape index (κ3) is 6.07. The summed E-state index contributed by atoms with van der Waals surface area (Å²) in [4.78, 5) is 24.6. The van der Waals surface area contributed by atoms with Crippen molar-refractivity contribution in [2.24, 2.45) is 5.10 Å². The van der Waals surface area contributed by atoms with Gasteiger partial charge in [-0.15, -0.1) is 0 Å². The number of rotatable bonds is 8. The van der Waals surface area contributed by atoms with Crippen molar-refractivity contribution in [3.63, 3.8) is 0 Å². The molecule has 4 rings (SSSR count). The number of furan rings is 1. The maximum atomic E-state index is 12.3. The predicted octanol–water partition coefficient (Wildman–Crippen LogP) is 5.29. The maximum absolute atomic E-state index is 12.3. The Morgan fingerprint density at radius 2 is 1.86 bits per heavy atom. The van der Waals surface area contributed by atoms with E-state index < -0.39 is 5.91 Å². The summed E-state index contributed by atoms with van der Waals surface area (Å²) in [6.45, 7) is 1.77. The molecule has 0 radical (unpaired) electrons. The SMILES string of the molecule is COc1cc(/C=N/NC(=O)c2cc3ccccc3o2)cc(Br)c1OCC(=O)Nc1ccc(C)cc1. The lowest BCUT2D eigenvalue weighted by Gasteiger charge is -2.13. The van der Waals surface area contributed by atoms with Gasteiger partial charge >= 0.3 is 5.91 Å². The maximum Gasteiger partial charge on any atom is 0.307 e. The summed E-state index contributed by atoms with van der Waals surface area (Å²) in [6.07, 6.45) is 1.46. The van der Waals surface area contributed by atoms with E-state index in [2.05, 4.69) is 31.8 Å². The van der Waals surface area contributed by atoms with E-state index in [9.17, 15) is 9.59 Å². The number of carbonyl (C=O) groups excluding carboxylic acids is 2. The van der Waals surface area contributed by atoms with E-state index >= 15 is 0 Å². The Labute approximate surface area is 210 Å². The van der Waals surface area contributed by atoms with Crippen molar-refractivity contribution in [2.45, 2.75) is 6.92 Å². The van der Waals surface area contributed by atoms with Gasteiger partial charge in [-0.25, -0.2) is 5.43 Å². The molecule has 0 saturated heterocycles. The Morgan fingerprint density at radius 1 is 1.09 bits per heavy atom. The lowest BCUT2D eigenvalue weighted by atomic mass is 10.2. The first-order chi connectivity index (χ1) is 16.9. The number of hydrogen-bond donors (Lipinski definition) is 2. The third-order valence-electron chi connectivity index (χ3n) is 4.96. The molecule has 1 aromatic heterocycles. The Morgan fingerprint density at radius 3 is 2.60 bits per heavy atom. The first-order valence-electron chi connectivity index (χ1n) is 10.6. The standard InChI is InChI=1S/C26H22BrN3O5/c1-16-7-9-19(10-8-16)29-24(31)15-34-25-20(27)11-17(12-22(25)33-2)14-28-30-26(32)23-13-18-5-3-4-6-21(18)35-23/h3-14H,15H2,1-2H3,(H,29,31)(H,30,32)/b28-14+. The van der Waals surface area contributed by atoms with Gasteiger partial charge in [0.2, 0.25) is 0 Å². The lowest BCUT2D eigenvalue weighted by Crippen LogP contribution is -2.20. The van der Waals surface area contributed by atoms with Crippen LogP contribution in [0.4, 0.5) is 5.69 Å². The van der Waals surface area contributed by atoms with Crippen molar-refractivity contribution in [1.29, 1.82) is 0 Å². The van der Waals surface area contributed by atoms with E-state index in [-0.39, 0.29) is 18.3 Å². The molecule has 3 aromatic carbocycles. The van der Waals surface area contributed by atoms with E-state index in [0.29, 0.717) is 32.8 Å². The zero-order chi connectivity index (χ0) is 24.8. The zero-order valence-electron chi connectivity index (χ0n) is 19.0. The summed E-state index contributed by atoms with van der Waals surface area (Å²) in [7, 11) is 1.49. The highest BCUT2D eigenvalue weighted by Gasteiger charge is 2.14. The van der Waals surface area contributed by atoms with E-state index in [1.54, 1.807) is 24.3 Å². The molecule has 35 heavy (non-hydrogen) atoms. The Bertz CT molecular complexity index is 1360. The molecular weight excluding hydrogens is 514 g/mol. The minimum atomic E-state index is -0.469. The molecule has 178 valence electrons. The summed E-state index contributed by atoms with van der Waals surface area (Å²) < 4.78 is 17.2. The minimum absolute atomic E-state index is 0.162. The molecule has 2 amide bonds. The average molecular weight is 536 g/mol. The lowest BCUT2D eigenvalue weighted by molar-refractivity contribution is -0.118. The number of hydrogen-bond acceptors (Lipinski definition) is 6. The van der Waals surface area contributed by atoms with Crippen LogP contribution in [0.25, 0.3) is 11.0 Å². The summed E-state index contributed by atoms with van der Waals surface area (Å²) in [5.74, 6) is 0.155. The van der Waals surface area contributed by atoms with Crippen molar-refractivity contribution in [1.82, 2.24) is 5.43 Å². The second-order valence-electron chi connectivity index (χ2n) is 7.58. The van der Waals surface area contributed by atoms with E-state index in [0.717, 1.165) is 10.9 Å². The van der Waals surface area contributed by atoms with Gasteiger partial charge in [0.1, 0.15) is 5.58 Å². The molecule has 0 atom stereocenters. The second kappa shape index (κ2) is 10.9. The highest BCUT2D eigenvalue weighted by atomic mass is 79.9. The van der Waals surface area contributed by atoms with Crippen molar-refractivity contribution in [2.75, 3.05) is 19.0 Å². The van der Waals surface area contributed by atoms with Crippen LogP contribution in [0, 0.1) is 6.92 Å². The van der Waals surface area contributed by atoms with E-state index in [1.807, 2.05) is 49.4 Å². The Balaban J connectivity index is 1.38. The van der Waals surface area contributed by atoms with Crippen LogP contribution in [0.5, 0.6) is 11.5 Å². The van der Waals surface area contributed by atoms with Gasteiger partial charge in [0.15, 0.2) is 23.9 Å². The van der Waals surface area contributed by atoms with Gasteiger partial charge in [-0.05, 0) is 64.8 Å². The van der Waals surface area contributed by atoms with Crippen LogP contribution >= 0.6 is 15.9 Å². The molecule has 9 heteroatoms. The zero-order valence-corrected chi connectivity index (χ0v) is 20.6. The van der Waals surface area contributed by atoms with Gasteiger partial charge in [0.25, 0.3) is 5.91 Å². The van der Waals surface area contributed by atoms with E-state index in [4.69, 9.17) is 13.9 Å². The Kier molecular flexibility index (Phi) is 7.47. The number of fused-ring (bicyclic) bond motifs is 1. The van der Waals surface area contributed by atoms with Crippen molar-refractivity contribution in [3.8, 4) is 11.5 Å². The molecule has 0 spiro atoms. The van der Waals surface area contributed by atoms with Crippen LogP contribution in [0.1, 0.15) is 21.7 Å². The third-order valence-corrected chi connectivity index (χ3v) is 5.55. The second-order valence-corrected chi connectivity index (χ2v) is 8.44. The largest absolute Gasteiger partial charge is 0.493 e. The summed E-state index contributed by atoms with van der Waals surface area (Å²) in [5.41, 5.74) is 5.49. The highest BCUT2D eigenvalue weighted by molar-refractivity contribution is 9.10. The molecule has 0 saturated carbocycles. The monoisotopic (exact) mass is 535 g/mol. The van der Waals surface area contributed by atoms with Crippen LogP contribution in [0.3, 0.4) is 0 Å². The van der Waals surface area contributed by atoms with Crippen molar-refractivity contribution >= 4 is 50.6 Å². The van der Waals surface area contributed by atoms with Gasteiger partial charge in [0.05, 0.1) is 17.8 Å². The number of aryl methyl sites for hydroxylation is 1. The Hall–Kier alpha value is -4.11. The molecule has 2 N–H and O–H groups in total. The fourth-order valence-corrected chi connectivity index (χ4v) is 3.81. The summed E-state index contributed by atoms with van der Waals surface area (Å²) >= 11 is 3.44. The number of para-hydroxylation sites is 1. The summed E-state index contributed by atoms with van der Waals surface area (Å²) in [5, 5.41) is 7.61. The molecule has 0 aliphatic heterocycles. The molecule has 0 fully saturated rings. The van der Waals surface area contributed by atoms with Crippen molar-refractivity contribution < 1.29 is 23.5 Å². The van der Waals surface area contributed by atoms with Gasteiger partial charge in [0, 0.05) is 11.1 Å². The molecule has 0 unspecified atom stereocenters. The number of amides is 2. The molecule has 8 nitrogen and oxygen atoms in total. The number of benzene rings is 3. The number of methoxy groups -OCH3 is 1. The normalized spacial score (nSPS) is 10.9. The van der Waals surface area contributed by atoms with Crippen molar-refractivity contribution in [3.05, 3.63) is 88.1 Å².